The predicted molar refractivity (Wildman–Crippen MR) is 108 cm³/mol. The number of hydrogen-bond donors (Lipinski definition) is 2. The fourth-order valence-corrected chi connectivity index (χ4v) is 3.10. The zero-order valence-electron chi connectivity index (χ0n) is 15.6. The van der Waals surface area contributed by atoms with E-state index in [2.05, 4.69) is 54.6 Å². The number of anilines is 2. The molecule has 26 heavy (non-hydrogen) atoms. The van der Waals surface area contributed by atoms with E-state index in [4.69, 9.17) is 0 Å². The third-order valence-corrected chi connectivity index (χ3v) is 4.27. The molecule has 3 rings (SSSR count). The third kappa shape index (κ3) is 4.20. The van der Waals surface area contributed by atoms with Gasteiger partial charge in [0.05, 0.1) is 11.1 Å². The van der Waals surface area contributed by atoms with Crippen LogP contribution in [0.5, 0.6) is 0 Å². The second-order valence-electron chi connectivity index (χ2n) is 6.68. The van der Waals surface area contributed by atoms with Crippen molar-refractivity contribution in [3.05, 3.63) is 65.2 Å². The van der Waals surface area contributed by atoms with Gasteiger partial charge in [-0.25, -0.2) is 4.98 Å². The summed E-state index contributed by atoms with van der Waals surface area (Å²) in [7, 11) is 0. The molecule has 0 spiro atoms. The molecule has 134 valence electrons. The van der Waals surface area contributed by atoms with Crippen molar-refractivity contribution in [1.82, 2.24) is 10.3 Å². The zero-order valence-corrected chi connectivity index (χ0v) is 15.6. The predicted octanol–water partition coefficient (Wildman–Crippen LogP) is 5.13. The van der Waals surface area contributed by atoms with E-state index >= 15 is 0 Å². The smallest absolute Gasteiger partial charge is 0.252 e. The lowest BCUT2D eigenvalue weighted by molar-refractivity contribution is 0.0955. The number of para-hydroxylation sites is 1. The summed E-state index contributed by atoms with van der Waals surface area (Å²) in [4.78, 5) is 17.4. The summed E-state index contributed by atoms with van der Waals surface area (Å²) < 4.78 is 0. The molecule has 0 fully saturated rings. The van der Waals surface area contributed by atoms with Crippen molar-refractivity contribution in [2.45, 2.75) is 33.6 Å². The van der Waals surface area contributed by atoms with Crippen LogP contribution in [0.1, 0.15) is 41.3 Å². The van der Waals surface area contributed by atoms with Crippen molar-refractivity contribution in [1.29, 1.82) is 0 Å². The summed E-state index contributed by atoms with van der Waals surface area (Å²) in [5, 5.41) is 7.22. The van der Waals surface area contributed by atoms with Gasteiger partial charge in [-0.15, -0.1) is 0 Å². The van der Waals surface area contributed by atoms with Gasteiger partial charge in [0.2, 0.25) is 0 Å². The highest BCUT2D eigenvalue weighted by Crippen LogP contribution is 2.24. The minimum atomic E-state index is -0.0551. The van der Waals surface area contributed by atoms with Gasteiger partial charge in [-0.2, -0.15) is 0 Å². The Morgan fingerprint density at radius 1 is 1.04 bits per heavy atom. The summed E-state index contributed by atoms with van der Waals surface area (Å²) >= 11 is 0. The zero-order chi connectivity index (χ0) is 18.5. The van der Waals surface area contributed by atoms with Gasteiger partial charge in [-0.3, -0.25) is 4.79 Å². The van der Waals surface area contributed by atoms with Gasteiger partial charge in [-0.05, 0) is 55.7 Å². The van der Waals surface area contributed by atoms with Crippen LogP contribution in [-0.2, 0) is 0 Å². The summed E-state index contributed by atoms with van der Waals surface area (Å²) in [6.07, 6.45) is 2.03. The Bertz CT molecular complexity index is 914. The van der Waals surface area contributed by atoms with Crippen molar-refractivity contribution in [2.24, 2.45) is 0 Å². The van der Waals surface area contributed by atoms with Crippen LogP contribution in [0.4, 0.5) is 11.5 Å². The number of hydrogen-bond acceptors (Lipinski definition) is 3. The van der Waals surface area contributed by atoms with Crippen molar-refractivity contribution in [2.75, 3.05) is 11.9 Å². The molecule has 2 N–H and O–H groups in total. The molecule has 0 aliphatic heterocycles. The Morgan fingerprint density at radius 3 is 2.50 bits per heavy atom. The van der Waals surface area contributed by atoms with Crippen molar-refractivity contribution in [3.8, 4) is 0 Å². The van der Waals surface area contributed by atoms with Crippen LogP contribution in [0, 0.1) is 13.8 Å². The fraction of sp³-hybridized carbons (Fsp3) is 0.273. The molecule has 0 aliphatic rings. The van der Waals surface area contributed by atoms with E-state index in [0.717, 1.165) is 29.4 Å². The number of carbonyl (C=O) groups is 1. The number of pyridine rings is 1. The molecule has 1 heterocycles. The molecule has 2 aromatic carbocycles. The molecule has 4 nitrogen and oxygen atoms in total. The first-order valence-corrected chi connectivity index (χ1v) is 9.10. The minimum absolute atomic E-state index is 0.0551. The molecule has 0 bridgehead atoms. The van der Waals surface area contributed by atoms with Crippen LogP contribution < -0.4 is 10.6 Å². The number of carbonyl (C=O) groups excluding carboxylic acids is 1. The third-order valence-electron chi connectivity index (χ3n) is 4.27. The van der Waals surface area contributed by atoms with Crippen LogP contribution >= 0.6 is 0 Å². The van der Waals surface area contributed by atoms with Crippen LogP contribution in [-0.4, -0.2) is 17.4 Å². The molecular formula is C22H25N3O. The summed E-state index contributed by atoms with van der Waals surface area (Å²) in [6.45, 7) is 6.93. The number of rotatable bonds is 6. The number of nitrogens with one attached hydrogen (secondary N) is 2. The highest BCUT2D eigenvalue weighted by Gasteiger charge is 2.13. The first-order chi connectivity index (χ1) is 12.6. The maximum Gasteiger partial charge on any atom is 0.252 e. The van der Waals surface area contributed by atoms with Gasteiger partial charge in [0, 0.05) is 17.6 Å². The highest BCUT2D eigenvalue weighted by atomic mass is 16.1. The van der Waals surface area contributed by atoms with Gasteiger partial charge < -0.3 is 10.6 Å². The maximum atomic E-state index is 12.7. The van der Waals surface area contributed by atoms with E-state index in [-0.39, 0.29) is 5.91 Å². The summed E-state index contributed by atoms with van der Waals surface area (Å²) in [5.74, 6) is 0.620. The molecule has 0 saturated carbocycles. The van der Waals surface area contributed by atoms with Crippen molar-refractivity contribution in [3.63, 3.8) is 0 Å². The molecule has 1 amide bonds. The van der Waals surface area contributed by atoms with Gasteiger partial charge in [0.15, 0.2) is 0 Å². The second-order valence-corrected chi connectivity index (χ2v) is 6.68. The standard InChI is InChI=1S/C22H25N3O/c1-4-5-10-23-22(26)19-14-21(25-20-9-7-6-8-18(19)20)24-17-12-15(2)11-16(3)13-17/h6-9,11-14H,4-5,10H2,1-3H3,(H,23,26)(H,24,25). The van der Waals surface area contributed by atoms with E-state index in [1.165, 1.54) is 11.1 Å². The molecule has 0 unspecified atom stereocenters. The topological polar surface area (TPSA) is 54.0 Å². The monoisotopic (exact) mass is 347 g/mol. The first-order valence-electron chi connectivity index (χ1n) is 9.10. The Morgan fingerprint density at radius 2 is 1.77 bits per heavy atom. The normalized spacial score (nSPS) is 10.7. The number of unbranched alkanes of at least 4 members (excludes halogenated alkanes) is 1. The van der Waals surface area contributed by atoms with E-state index < -0.39 is 0 Å². The minimum Gasteiger partial charge on any atom is -0.352 e. The maximum absolute atomic E-state index is 12.7. The molecule has 0 aliphatic carbocycles. The van der Waals surface area contributed by atoms with Crippen molar-refractivity contribution < 1.29 is 4.79 Å². The van der Waals surface area contributed by atoms with Crippen LogP contribution in [0.15, 0.2) is 48.5 Å². The molecular weight excluding hydrogens is 322 g/mol. The van der Waals surface area contributed by atoms with Crippen LogP contribution in [0.3, 0.4) is 0 Å². The van der Waals surface area contributed by atoms with Crippen molar-refractivity contribution >= 4 is 28.3 Å². The average molecular weight is 347 g/mol. The SMILES string of the molecule is CCCCNC(=O)c1cc(Nc2cc(C)cc(C)c2)nc2ccccc12. The van der Waals surface area contributed by atoms with E-state index in [1.54, 1.807) is 0 Å². The largest absolute Gasteiger partial charge is 0.352 e. The Kier molecular flexibility index (Phi) is 5.52. The van der Waals surface area contributed by atoms with Gasteiger partial charge >= 0.3 is 0 Å². The molecule has 3 aromatic rings. The lowest BCUT2D eigenvalue weighted by Gasteiger charge is -2.12. The number of fused-ring (bicyclic) bond motifs is 1. The molecule has 4 heteroatoms. The van der Waals surface area contributed by atoms with Crippen LogP contribution in [0.25, 0.3) is 10.9 Å². The summed E-state index contributed by atoms with van der Waals surface area (Å²) in [5.41, 5.74) is 4.81. The molecule has 0 radical (unpaired) electrons. The van der Waals surface area contributed by atoms with Gasteiger partial charge in [0.1, 0.15) is 5.82 Å². The quantitative estimate of drug-likeness (QED) is 0.608. The molecule has 0 atom stereocenters. The lowest BCUT2D eigenvalue weighted by Crippen LogP contribution is -2.24. The van der Waals surface area contributed by atoms with E-state index in [9.17, 15) is 4.79 Å². The van der Waals surface area contributed by atoms with Crippen LogP contribution in [0.2, 0.25) is 0 Å². The Hall–Kier alpha value is -2.88. The average Bonchev–Trinajstić information content (AvgIpc) is 2.60. The number of nitrogens with zero attached hydrogens (tertiary/aromatic N) is 1. The molecule has 0 saturated heterocycles. The first kappa shape index (κ1) is 17.9. The fourth-order valence-electron chi connectivity index (χ4n) is 3.10. The number of aromatic nitrogens is 1. The second kappa shape index (κ2) is 8.00. The summed E-state index contributed by atoms with van der Waals surface area (Å²) in [6, 6.07) is 15.9. The van der Waals surface area contributed by atoms with E-state index in [0.29, 0.717) is 17.9 Å². The number of aryl methyl sites for hydroxylation is 2. The number of amides is 1. The van der Waals surface area contributed by atoms with Gasteiger partial charge in [-0.1, -0.05) is 37.6 Å². The Balaban J connectivity index is 1.97. The highest BCUT2D eigenvalue weighted by molar-refractivity contribution is 6.07. The number of benzene rings is 2. The Labute approximate surface area is 154 Å². The lowest BCUT2D eigenvalue weighted by atomic mass is 10.1. The molecule has 1 aromatic heterocycles. The van der Waals surface area contributed by atoms with Gasteiger partial charge in [0.25, 0.3) is 5.91 Å². The van der Waals surface area contributed by atoms with E-state index in [1.807, 2.05) is 30.3 Å².